The zero-order chi connectivity index (χ0) is 18.2. The summed E-state index contributed by atoms with van der Waals surface area (Å²) < 4.78 is 53.0. The predicted octanol–water partition coefficient (Wildman–Crippen LogP) is 4.80. The van der Waals surface area contributed by atoms with Crippen molar-refractivity contribution in [2.75, 3.05) is 0 Å². The van der Waals surface area contributed by atoms with Crippen LogP contribution in [0.5, 0.6) is 0 Å². The minimum atomic E-state index is -4.67. The highest BCUT2D eigenvalue weighted by Crippen LogP contribution is 2.35. The molecular formula is C17H8F4N2OS. The molecule has 1 aromatic carbocycles. The van der Waals surface area contributed by atoms with Gasteiger partial charge in [0.05, 0.1) is 16.1 Å². The van der Waals surface area contributed by atoms with Crippen molar-refractivity contribution < 1.29 is 17.6 Å². The highest BCUT2D eigenvalue weighted by molar-refractivity contribution is 7.13. The molecule has 1 N–H and O–H groups in total. The number of thiophene rings is 1. The zero-order valence-corrected chi connectivity index (χ0v) is 13.1. The molecule has 0 atom stereocenters. The van der Waals surface area contributed by atoms with E-state index >= 15 is 0 Å². The van der Waals surface area contributed by atoms with Gasteiger partial charge in [0.15, 0.2) is 0 Å². The first-order chi connectivity index (χ1) is 11.8. The summed E-state index contributed by atoms with van der Waals surface area (Å²) in [5.41, 5.74) is -2.64. The Bertz CT molecular complexity index is 1030. The number of H-pyrrole nitrogens is 1. The molecule has 0 aliphatic heterocycles. The number of hydrogen-bond acceptors (Lipinski definition) is 3. The number of nitrogens with one attached hydrogen (secondary N) is 1. The van der Waals surface area contributed by atoms with Gasteiger partial charge in [-0.25, -0.2) is 4.39 Å². The van der Waals surface area contributed by atoms with Crippen LogP contribution < -0.4 is 5.56 Å². The fourth-order valence-corrected chi connectivity index (χ4v) is 3.05. The van der Waals surface area contributed by atoms with Gasteiger partial charge in [-0.2, -0.15) is 18.4 Å². The number of nitriles is 1. The molecule has 0 radical (unpaired) electrons. The van der Waals surface area contributed by atoms with Crippen LogP contribution >= 0.6 is 11.3 Å². The molecular weight excluding hydrogens is 356 g/mol. The molecule has 0 fully saturated rings. The molecule has 2 heterocycles. The Labute approximate surface area is 142 Å². The molecule has 0 unspecified atom stereocenters. The van der Waals surface area contributed by atoms with Gasteiger partial charge >= 0.3 is 6.18 Å². The van der Waals surface area contributed by atoms with E-state index in [-0.39, 0.29) is 5.56 Å². The van der Waals surface area contributed by atoms with E-state index in [1.807, 2.05) is 0 Å². The number of aromatic nitrogens is 1. The van der Waals surface area contributed by atoms with Crippen LogP contribution in [-0.2, 0) is 6.18 Å². The number of alkyl halides is 3. The van der Waals surface area contributed by atoms with Crippen molar-refractivity contribution in [2.45, 2.75) is 6.18 Å². The molecule has 126 valence electrons. The average molecular weight is 364 g/mol. The van der Waals surface area contributed by atoms with Crippen LogP contribution in [0.2, 0.25) is 0 Å². The molecule has 0 amide bonds. The normalized spacial score (nSPS) is 11.3. The van der Waals surface area contributed by atoms with Crippen LogP contribution in [0.4, 0.5) is 17.6 Å². The maximum absolute atomic E-state index is 14.2. The Morgan fingerprint density at radius 3 is 2.48 bits per heavy atom. The highest BCUT2D eigenvalue weighted by atomic mass is 32.1. The minimum absolute atomic E-state index is 0.182. The summed E-state index contributed by atoms with van der Waals surface area (Å²) in [6, 6.07) is 8.24. The number of hydrogen-bond donors (Lipinski definition) is 1. The Balaban J connectivity index is 2.30. The molecule has 8 heteroatoms. The van der Waals surface area contributed by atoms with Gasteiger partial charge in [0.1, 0.15) is 17.4 Å². The van der Waals surface area contributed by atoms with Crippen molar-refractivity contribution in [3.8, 4) is 27.8 Å². The number of aromatic amines is 1. The summed E-state index contributed by atoms with van der Waals surface area (Å²) in [4.78, 5) is 15.3. The molecule has 0 spiro atoms. The van der Waals surface area contributed by atoms with E-state index in [9.17, 15) is 27.6 Å². The van der Waals surface area contributed by atoms with Gasteiger partial charge in [-0.1, -0.05) is 6.07 Å². The van der Waals surface area contributed by atoms with Crippen LogP contribution in [-0.4, -0.2) is 4.98 Å². The fourth-order valence-electron chi connectivity index (χ4n) is 2.36. The smallest absolute Gasteiger partial charge is 0.320 e. The third kappa shape index (κ3) is 3.19. The lowest BCUT2D eigenvalue weighted by atomic mass is 9.98. The van der Waals surface area contributed by atoms with E-state index in [0.29, 0.717) is 28.8 Å². The SMILES string of the molecule is N#Cc1c(-c2cc(C(F)(F)F)ccc2F)cc(-c2cccs2)[nH]c1=O. The maximum Gasteiger partial charge on any atom is 0.416 e. The third-order valence-electron chi connectivity index (χ3n) is 3.52. The van der Waals surface area contributed by atoms with Crippen molar-refractivity contribution in [1.29, 1.82) is 5.26 Å². The molecule has 0 aliphatic carbocycles. The molecule has 0 saturated heterocycles. The summed E-state index contributed by atoms with van der Waals surface area (Å²) in [5.74, 6) is -0.952. The van der Waals surface area contributed by atoms with E-state index < -0.39 is 34.2 Å². The first-order valence-corrected chi connectivity index (χ1v) is 7.77. The highest BCUT2D eigenvalue weighted by Gasteiger charge is 2.31. The summed E-state index contributed by atoms with van der Waals surface area (Å²) in [6.07, 6.45) is -4.67. The summed E-state index contributed by atoms with van der Waals surface area (Å²) in [5, 5.41) is 10.9. The number of halogens is 4. The van der Waals surface area contributed by atoms with Gasteiger partial charge in [-0.3, -0.25) is 4.79 Å². The quantitative estimate of drug-likeness (QED) is 0.664. The monoisotopic (exact) mass is 364 g/mol. The molecule has 25 heavy (non-hydrogen) atoms. The second-order valence-corrected chi connectivity index (χ2v) is 6.03. The van der Waals surface area contributed by atoms with Gasteiger partial charge in [0, 0.05) is 11.1 Å². The Kier molecular flexibility index (Phi) is 4.18. The van der Waals surface area contributed by atoms with Gasteiger partial charge < -0.3 is 4.98 Å². The number of pyridine rings is 1. The zero-order valence-electron chi connectivity index (χ0n) is 12.3. The van der Waals surface area contributed by atoms with Gasteiger partial charge in [-0.15, -0.1) is 11.3 Å². The van der Waals surface area contributed by atoms with Crippen molar-refractivity contribution in [2.24, 2.45) is 0 Å². The largest absolute Gasteiger partial charge is 0.416 e. The van der Waals surface area contributed by atoms with E-state index in [1.54, 1.807) is 23.6 Å². The lowest BCUT2D eigenvalue weighted by Crippen LogP contribution is -2.13. The van der Waals surface area contributed by atoms with Gasteiger partial charge in [-0.05, 0) is 35.7 Å². The van der Waals surface area contributed by atoms with Crippen LogP contribution in [0.3, 0.4) is 0 Å². The van der Waals surface area contributed by atoms with Crippen molar-refractivity contribution in [1.82, 2.24) is 4.98 Å². The molecule has 3 aromatic rings. The number of benzene rings is 1. The third-order valence-corrected chi connectivity index (χ3v) is 4.42. The first kappa shape index (κ1) is 16.9. The summed E-state index contributed by atoms with van der Waals surface area (Å²) in [6.45, 7) is 0. The van der Waals surface area contributed by atoms with Crippen LogP contribution in [0, 0.1) is 17.1 Å². The van der Waals surface area contributed by atoms with E-state index in [0.717, 1.165) is 0 Å². The van der Waals surface area contributed by atoms with E-state index in [4.69, 9.17) is 0 Å². The van der Waals surface area contributed by atoms with Crippen molar-refractivity contribution in [3.63, 3.8) is 0 Å². The van der Waals surface area contributed by atoms with Crippen LogP contribution in [0.1, 0.15) is 11.1 Å². The van der Waals surface area contributed by atoms with Gasteiger partial charge in [0.25, 0.3) is 5.56 Å². The second kappa shape index (κ2) is 6.18. The lowest BCUT2D eigenvalue weighted by Gasteiger charge is -2.11. The van der Waals surface area contributed by atoms with Gasteiger partial charge in [0.2, 0.25) is 0 Å². The molecule has 0 saturated carbocycles. The molecule has 3 nitrogen and oxygen atoms in total. The van der Waals surface area contributed by atoms with Crippen LogP contribution in [0.25, 0.3) is 21.7 Å². The summed E-state index contributed by atoms with van der Waals surface area (Å²) >= 11 is 1.29. The standard InChI is InChI=1S/C17H8F4N2OS/c18-13-4-3-9(17(19,20)21)6-11(13)10-7-14(15-2-1-5-25-15)23-16(24)12(10)8-22/h1-7H,(H,23,24). The maximum atomic E-state index is 14.2. The first-order valence-electron chi connectivity index (χ1n) is 6.89. The average Bonchev–Trinajstić information content (AvgIpc) is 3.08. The van der Waals surface area contributed by atoms with E-state index in [1.165, 1.54) is 17.4 Å². The second-order valence-electron chi connectivity index (χ2n) is 5.08. The number of rotatable bonds is 2. The molecule has 3 rings (SSSR count). The van der Waals surface area contributed by atoms with Crippen LogP contribution in [0.15, 0.2) is 46.6 Å². The predicted molar refractivity (Wildman–Crippen MR) is 85.5 cm³/mol. The molecule has 0 aliphatic rings. The Morgan fingerprint density at radius 2 is 1.88 bits per heavy atom. The summed E-state index contributed by atoms with van der Waals surface area (Å²) in [7, 11) is 0. The van der Waals surface area contributed by atoms with E-state index in [2.05, 4.69) is 4.98 Å². The fraction of sp³-hybridized carbons (Fsp3) is 0.0588. The van der Waals surface area contributed by atoms with Crippen molar-refractivity contribution in [3.05, 3.63) is 69.1 Å². The Hall–Kier alpha value is -2.92. The topological polar surface area (TPSA) is 56.6 Å². The Morgan fingerprint density at radius 1 is 1.12 bits per heavy atom. The molecule has 0 bridgehead atoms. The lowest BCUT2D eigenvalue weighted by molar-refractivity contribution is -0.137. The molecule has 2 aromatic heterocycles. The number of nitrogens with zero attached hydrogens (tertiary/aromatic N) is 1. The minimum Gasteiger partial charge on any atom is -0.320 e. The van der Waals surface area contributed by atoms with Crippen molar-refractivity contribution >= 4 is 11.3 Å².